The number of methoxy groups -OCH3 is 1. The molecule has 16 heteroatoms. The molecule has 2 amide bonds. The molecule has 2 atom stereocenters. The zero-order valence-electron chi connectivity index (χ0n) is 20.1. The summed E-state index contributed by atoms with van der Waals surface area (Å²) in [6, 6.07) is 6.24. The SMILES string of the molecule is COc1cc(-c2cccc(C(F)(F)F)c2)c(F)cc1N1C(=O)NO[C@@H]2CN(S(=O)(=O)Nc3ccon3)CC[C@@H]21. The second-order valence-corrected chi connectivity index (χ2v) is 10.4. The summed E-state index contributed by atoms with van der Waals surface area (Å²) in [5, 5.41) is 3.52. The van der Waals surface area contributed by atoms with Gasteiger partial charge in [-0.15, -0.1) is 0 Å². The number of nitrogens with one attached hydrogen (secondary N) is 2. The van der Waals surface area contributed by atoms with Gasteiger partial charge in [0.2, 0.25) is 0 Å². The minimum Gasteiger partial charge on any atom is -0.495 e. The number of rotatable bonds is 6. The molecule has 0 bridgehead atoms. The van der Waals surface area contributed by atoms with Crippen molar-refractivity contribution >= 4 is 27.7 Å². The van der Waals surface area contributed by atoms with Crippen molar-refractivity contribution in [2.45, 2.75) is 24.7 Å². The van der Waals surface area contributed by atoms with Crippen LogP contribution in [0.5, 0.6) is 5.75 Å². The highest BCUT2D eigenvalue weighted by atomic mass is 32.2. The fraction of sp³-hybridized carbons (Fsp3) is 0.304. The Balaban J connectivity index is 1.44. The molecule has 0 saturated carbocycles. The first-order chi connectivity index (χ1) is 18.5. The highest BCUT2D eigenvalue weighted by molar-refractivity contribution is 7.90. The first kappa shape index (κ1) is 26.7. The molecule has 0 aliphatic carbocycles. The van der Waals surface area contributed by atoms with Gasteiger partial charge in [0.25, 0.3) is 0 Å². The standard InChI is InChI=1S/C23H21F4N5O6S/c1-36-19-10-15(13-3-2-4-14(9-13)23(25,26)27)16(24)11-18(19)32-17-5-7-31(12-20(17)38-29-22(32)33)39(34,35)30-21-6-8-37-28-21/h2-4,6,8-11,17,20H,5,7,12H2,1H3,(H,28,30)(H,29,33)/t17-,20+/m0/s1. The number of hydroxylamine groups is 1. The highest BCUT2D eigenvalue weighted by Gasteiger charge is 2.45. The number of nitrogens with zero attached hydrogens (tertiary/aromatic N) is 3. The van der Waals surface area contributed by atoms with E-state index in [2.05, 4.69) is 19.9 Å². The van der Waals surface area contributed by atoms with Crippen LogP contribution in [-0.2, 0) is 21.2 Å². The van der Waals surface area contributed by atoms with E-state index in [0.717, 1.165) is 28.6 Å². The molecule has 11 nitrogen and oxygen atoms in total. The number of hydrogen-bond acceptors (Lipinski definition) is 7. The van der Waals surface area contributed by atoms with Gasteiger partial charge >= 0.3 is 22.4 Å². The van der Waals surface area contributed by atoms with E-state index in [1.54, 1.807) is 0 Å². The quantitative estimate of drug-likeness (QED) is 0.432. The summed E-state index contributed by atoms with van der Waals surface area (Å²) in [6.07, 6.45) is -4.17. The number of hydrogen-bond donors (Lipinski definition) is 2. The summed E-state index contributed by atoms with van der Waals surface area (Å²) in [5.41, 5.74) is 1.06. The minimum atomic E-state index is -4.62. The molecule has 39 heavy (non-hydrogen) atoms. The maximum absolute atomic E-state index is 15.3. The lowest BCUT2D eigenvalue weighted by molar-refractivity contribution is -0.137. The van der Waals surface area contributed by atoms with E-state index in [9.17, 15) is 26.4 Å². The van der Waals surface area contributed by atoms with Crippen LogP contribution in [0, 0.1) is 5.82 Å². The molecule has 2 aliphatic rings. The molecule has 2 aliphatic heterocycles. The van der Waals surface area contributed by atoms with Crippen LogP contribution in [-0.4, -0.2) is 56.3 Å². The van der Waals surface area contributed by atoms with Gasteiger partial charge in [-0.3, -0.25) is 14.5 Å². The second kappa shape index (κ2) is 10.0. The normalized spacial score (nSPS) is 20.3. The van der Waals surface area contributed by atoms with Crippen LogP contribution >= 0.6 is 0 Å². The molecule has 208 valence electrons. The number of fused-ring (bicyclic) bond motifs is 1. The van der Waals surface area contributed by atoms with Crippen LogP contribution in [0.15, 0.2) is 53.3 Å². The number of anilines is 2. The molecular weight excluding hydrogens is 550 g/mol. The lowest BCUT2D eigenvalue weighted by Gasteiger charge is -2.45. The molecule has 3 heterocycles. The van der Waals surface area contributed by atoms with Gasteiger partial charge in [0.15, 0.2) is 5.82 Å². The van der Waals surface area contributed by atoms with Crippen LogP contribution in [0.3, 0.4) is 0 Å². The Labute approximate surface area is 219 Å². The third-order valence-electron chi connectivity index (χ3n) is 6.38. The van der Waals surface area contributed by atoms with E-state index in [0.29, 0.717) is 0 Å². The molecule has 0 spiro atoms. The van der Waals surface area contributed by atoms with Gasteiger partial charge in [-0.05, 0) is 30.2 Å². The maximum atomic E-state index is 15.3. The van der Waals surface area contributed by atoms with Gasteiger partial charge in [0, 0.05) is 30.8 Å². The van der Waals surface area contributed by atoms with E-state index in [4.69, 9.17) is 9.57 Å². The van der Waals surface area contributed by atoms with Crippen molar-refractivity contribution < 1.29 is 44.9 Å². The predicted octanol–water partition coefficient (Wildman–Crippen LogP) is 3.77. The molecule has 3 aromatic rings. The van der Waals surface area contributed by atoms with Crippen molar-refractivity contribution in [3.63, 3.8) is 0 Å². The van der Waals surface area contributed by atoms with Crippen molar-refractivity contribution in [3.8, 4) is 16.9 Å². The second-order valence-electron chi connectivity index (χ2n) is 8.72. The highest BCUT2D eigenvalue weighted by Crippen LogP contribution is 2.40. The Morgan fingerprint density at radius 1 is 1.21 bits per heavy atom. The lowest BCUT2D eigenvalue weighted by Crippen LogP contribution is -2.65. The summed E-state index contributed by atoms with van der Waals surface area (Å²) in [6.45, 7) is -0.184. The molecule has 0 radical (unpaired) electrons. The number of aromatic nitrogens is 1. The van der Waals surface area contributed by atoms with Crippen LogP contribution in [0.25, 0.3) is 11.1 Å². The average Bonchev–Trinajstić information content (AvgIpc) is 3.40. The van der Waals surface area contributed by atoms with Crippen molar-refractivity contribution in [1.29, 1.82) is 0 Å². The molecular formula is C23H21F4N5O6S. The van der Waals surface area contributed by atoms with E-state index < -0.39 is 45.9 Å². The first-order valence-electron chi connectivity index (χ1n) is 11.5. The van der Waals surface area contributed by atoms with Crippen LogP contribution in [0.4, 0.5) is 33.9 Å². The molecule has 5 rings (SSSR count). The van der Waals surface area contributed by atoms with Gasteiger partial charge < -0.3 is 9.26 Å². The number of piperidine rings is 1. The van der Waals surface area contributed by atoms with Crippen LogP contribution in [0.2, 0.25) is 0 Å². The number of carbonyl (C=O) groups excluding carboxylic acids is 1. The van der Waals surface area contributed by atoms with Crippen molar-refractivity contribution in [2.75, 3.05) is 29.8 Å². The Morgan fingerprint density at radius 2 is 2.00 bits per heavy atom. The number of amides is 2. The summed E-state index contributed by atoms with van der Waals surface area (Å²) in [4.78, 5) is 19.4. The van der Waals surface area contributed by atoms with E-state index in [-0.39, 0.29) is 47.9 Å². The average molecular weight is 572 g/mol. The fourth-order valence-electron chi connectivity index (χ4n) is 4.56. The number of halogens is 4. The zero-order chi connectivity index (χ0) is 27.9. The number of ether oxygens (including phenoxy) is 1. The van der Waals surface area contributed by atoms with E-state index in [1.165, 1.54) is 36.5 Å². The summed E-state index contributed by atoms with van der Waals surface area (Å²) >= 11 is 0. The molecule has 2 aromatic carbocycles. The third kappa shape index (κ3) is 5.22. The molecule has 2 fully saturated rings. The van der Waals surface area contributed by atoms with Crippen molar-refractivity contribution in [1.82, 2.24) is 14.9 Å². The lowest BCUT2D eigenvalue weighted by atomic mass is 9.98. The van der Waals surface area contributed by atoms with Gasteiger partial charge in [-0.2, -0.15) is 25.9 Å². The Kier molecular flexibility index (Phi) is 6.86. The summed E-state index contributed by atoms with van der Waals surface area (Å²) < 4.78 is 93.9. The molecule has 2 saturated heterocycles. The summed E-state index contributed by atoms with van der Waals surface area (Å²) in [5.74, 6) is -0.891. The third-order valence-corrected chi connectivity index (χ3v) is 7.85. The van der Waals surface area contributed by atoms with Gasteiger partial charge in [-0.1, -0.05) is 17.3 Å². The Bertz CT molecular complexity index is 1480. The van der Waals surface area contributed by atoms with E-state index >= 15 is 4.39 Å². The van der Waals surface area contributed by atoms with Gasteiger partial charge in [-0.25, -0.2) is 14.7 Å². The monoisotopic (exact) mass is 571 g/mol. The minimum absolute atomic E-state index is 0.00134. The molecule has 2 N–H and O–H groups in total. The zero-order valence-corrected chi connectivity index (χ0v) is 20.9. The van der Waals surface area contributed by atoms with Gasteiger partial charge in [0.1, 0.15) is 23.9 Å². The Morgan fingerprint density at radius 3 is 2.69 bits per heavy atom. The fourth-order valence-corrected chi connectivity index (χ4v) is 5.75. The summed E-state index contributed by atoms with van der Waals surface area (Å²) in [7, 11) is -2.77. The van der Waals surface area contributed by atoms with E-state index in [1.807, 2.05) is 0 Å². The smallest absolute Gasteiger partial charge is 0.416 e. The topological polar surface area (TPSA) is 126 Å². The first-order valence-corrected chi connectivity index (χ1v) is 12.9. The van der Waals surface area contributed by atoms with Gasteiger partial charge in [0.05, 0.1) is 24.4 Å². The van der Waals surface area contributed by atoms with Crippen LogP contribution < -0.4 is 19.8 Å². The maximum Gasteiger partial charge on any atom is 0.416 e. The molecule has 1 aromatic heterocycles. The Hall–Kier alpha value is -3.89. The van der Waals surface area contributed by atoms with Crippen molar-refractivity contribution in [2.24, 2.45) is 0 Å². The number of carbonyl (C=O) groups is 1. The number of urea groups is 1. The largest absolute Gasteiger partial charge is 0.495 e. The van der Waals surface area contributed by atoms with Crippen LogP contribution in [0.1, 0.15) is 12.0 Å². The molecule has 0 unspecified atom stereocenters. The predicted molar refractivity (Wildman–Crippen MR) is 128 cm³/mol. The van der Waals surface area contributed by atoms with Crippen molar-refractivity contribution in [3.05, 3.63) is 60.1 Å². The number of benzene rings is 2. The number of alkyl halides is 3.